The van der Waals surface area contributed by atoms with Crippen LogP contribution in [0.5, 0.6) is 0 Å². The van der Waals surface area contributed by atoms with Crippen molar-refractivity contribution in [2.45, 2.75) is 244 Å². The number of esters is 1. The van der Waals surface area contributed by atoms with Gasteiger partial charge in [-0.1, -0.05) is 205 Å². The second-order valence-electron chi connectivity index (χ2n) is 16.5. The SMILES string of the molecule is CCCCCCC/C=C\C/C=C\CCCCCCCCCCCCCCOCC(COP(=O)(O)OCC(O)CO)OC(=O)CCCCCCCCCCCCCCC. The Bertz CT molecular complexity index is 959. The molecule has 0 aliphatic carbocycles. The standard InChI is InChI=1S/C48H93O9P/c1-3-5-7-9-11-13-15-17-18-19-20-21-22-23-24-25-26-27-29-31-33-35-37-39-41-54-44-47(45-56-58(52,53)55-43-46(50)42-49)57-48(51)40-38-36-34-32-30-28-16-14-12-10-8-6-4-2/h15,17,19-20,46-47,49-50H,3-14,16,18,21-45H2,1-2H3,(H,52,53)/b17-15-,20-19-. The number of carbonyl (C=O) groups excluding carboxylic acids is 1. The topological polar surface area (TPSA) is 132 Å². The van der Waals surface area contributed by atoms with E-state index in [9.17, 15) is 19.4 Å². The molecule has 0 amide bonds. The van der Waals surface area contributed by atoms with Gasteiger partial charge in [0.15, 0.2) is 0 Å². The lowest BCUT2D eigenvalue weighted by molar-refractivity contribution is -0.154. The molecular formula is C48H93O9P. The first-order valence-electron chi connectivity index (χ1n) is 24.3. The Morgan fingerprint density at radius 1 is 0.534 bits per heavy atom. The molecule has 9 nitrogen and oxygen atoms in total. The smallest absolute Gasteiger partial charge is 0.457 e. The highest BCUT2D eigenvalue weighted by Gasteiger charge is 2.26. The number of unbranched alkanes of at least 4 members (excludes halogenated alkanes) is 29. The Morgan fingerprint density at radius 3 is 1.38 bits per heavy atom. The van der Waals surface area contributed by atoms with Crippen molar-refractivity contribution in [1.82, 2.24) is 0 Å². The molecule has 0 rings (SSSR count). The van der Waals surface area contributed by atoms with Gasteiger partial charge in [-0.3, -0.25) is 13.8 Å². The minimum atomic E-state index is -4.51. The summed E-state index contributed by atoms with van der Waals surface area (Å²) in [6.07, 6.45) is 48.6. The summed E-state index contributed by atoms with van der Waals surface area (Å²) >= 11 is 0. The zero-order valence-corrected chi connectivity index (χ0v) is 38.7. The molecular weight excluding hydrogens is 751 g/mol. The van der Waals surface area contributed by atoms with Crippen LogP contribution in [0.4, 0.5) is 0 Å². The number of allylic oxidation sites excluding steroid dienone is 4. The predicted octanol–water partition coefficient (Wildman–Crippen LogP) is 13.8. The molecule has 0 aromatic rings. The normalized spacial score (nSPS) is 14.1. The lowest BCUT2D eigenvalue weighted by Crippen LogP contribution is -2.29. The van der Waals surface area contributed by atoms with E-state index in [-0.39, 0.29) is 25.6 Å². The van der Waals surface area contributed by atoms with Gasteiger partial charge in [0.2, 0.25) is 0 Å². The zero-order valence-electron chi connectivity index (χ0n) is 37.8. The minimum Gasteiger partial charge on any atom is -0.457 e. The number of hydrogen-bond acceptors (Lipinski definition) is 8. The van der Waals surface area contributed by atoms with Crippen molar-refractivity contribution in [3.05, 3.63) is 24.3 Å². The van der Waals surface area contributed by atoms with Crippen molar-refractivity contribution in [3.63, 3.8) is 0 Å². The lowest BCUT2D eigenvalue weighted by atomic mass is 10.0. The Morgan fingerprint density at radius 2 is 0.931 bits per heavy atom. The molecule has 0 aromatic heterocycles. The Hall–Kier alpha value is -1.06. The number of aliphatic hydroxyl groups excluding tert-OH is 2. The first-order valence-corrected chi connectivity index (χ1v) is 25.8. The number of rotatable bonds is 47. The maximum Gasteiger partial charge on any atom is 0.472 e. The Labute approximate surface area is 357 Å². The van der Waals surface area contributed by atoms with Gasteiger partial charge < -0.3 is 24.6 Å². The molecule has 10 heteroatoms. The van der Waals surface area contributed by atoms with Gasteiger partial charge in [-0.05, 0) is 44.9 Å². The van der Waals surface area contributed by atoms with Crippen LogP contribution < -0.4 is 0 Å². The summed E-state index contributed by atoms with van der Waals surface area (Å²) in [6, 6.07) is 0. The van der Waals surface area contributed by atoms with E-state index < -0.39 is 33.2 Å². The predicted molar refractivity (Wildman–Crippen MR) is 242 cm³/mol. The van der Waals surface area contributed by atoms with E-state index in [1.807, 2.05) is 0 Å². The molecule has 0 radical (unpaired) electrons. The molecule has 0 fully saturated rings. The van der Waals surface area contributed by atoms with Gasteiger partial charge >= 0.3 is 13.8 Å². The molecule has 0 aromatic carbocycles. The molecule has 344 valence electrons. The van der Waals surface area contributed by atoms with Gasteiger partial charge in [0.05, 0.1) is 26.4 Å². The van der Waals surface area contributed by atoms with Crippen LogP contribution in [0.3, 0.4) is 0 Å². The Balaban J connectivity index is 4.02. The molecule has 0 saturated carbocycles. The number of phosphoric ester groups is 1. The van der Waals surface area contributed by atoms with E-state index in [0.29, 0.717) is 6.61 Å². The zero-order chi connectivity index (χ0) is 42.5. The molecule has 0 heterocycles. The third-order valence-electron chi connectivity index (χ3n) is 10.6. The first kappa shape index (κ1) is 56.9. The van der Waals surface area contributed by atoms with Crippen LogP contribution in [-0.4, -0.2) is 66.3 Å². The van der Waals surface area contributed by atoms with E-state index in [0.717, 1.165) is 44.9 Å². The van der Waals surface area contributed by atoms with Gasteiger partial charge in [-0.15, -0.1) is 0 Å². The second kappa shape index (κ2) is 45.5. The molecule has 0 spiro atoms. The summed E-state index contributed by atoms with van der Waals surface area (Å²) in [5.41, 5.74) is 0. The van der Waals surface area contributed by atoms with Gasteiger partial charge in [-0.2, -0.15) is 0 Å². The van der Waals surface area contributed by atoms with E-state index in [1.54, 1.807) is 0 Å². The van der Waals surface area contributed by atoms with Crippen LogP contribution in [0.2, 0.25) is 0 Å². The van der Waals surface area contributed by atoms with E-state index in [4.69, 9.17) is 23.6 Å². The lowest BCUT2D eigenvalue weighted by Gasteiger charge is -2.20. The highest BCUT2D eigenvalue weighted by molar-refractivity contribution is 7.47. The van der Waals surface area contributed by atoms with Crippen molar-refractivity contribution >= 4 is 13.8 Å². The molecule has 58 heavy (non-hydrogen) atoms. The van der Waals surface area contributed by atoms with Crippen molar-refractivity contribution in [2.75, 3.05) is 33.0 Å². The van der Waals surface area contributed by atoms with E-state index in [2.05, 4.69) is 38.2 Å². The average molecular weight is 845 g/mol. The van der Waals surface area contributed by atoms with Crippen LogP contribution in [0.15, 0.2) is 24.3 Å². The highest BCUT2D eigenvalue weighted by atomic mass is 31.2. The molecule has 3 N–H and O–H groups in total. The van der Waals surface area contributed by atoms with E-state index >= 15 is 0 Å². The molecule has 3 atom stereocenters. The molecule has 0 aliphatic heterocycles. The summed E-state index contributed by atoms with van der Waals surface area (Å²) in [7, 11) is -4.51. The maximum atomic E-state index is 12.6. The average Bonchev–Trinajstić information content (AvgIpc) is 3.21. The van der Waals surface area contributed by atoms with Crippen LogP contribution >= 0.6 is 7.82 Å². The van der Waals surface area contributed by atoms with Crippen LogP contribution in [0.1, 0.15) is 232 Å². The van der Waals surface area contributed by atoms with E-state index in [1.165, 1.54) is 167 Å². The number of phosphoric acid groups is 1. The fraction of sp³-hybridized carbons (Fsp3) is 0.896. The fourth-order valence-corrected chi connectivity index (χ4v) is 7.71. The van der Waals surface area contributed by atoms with Crippen molar-refractivity contribution < 1.29 is 43.0 Å². The number of ether oxygens (including phenoxy) is 2. The minimum absolute atomic E-state index is 0.0528. The third kappa shape index (κ3) is 44.5. The highest BCUT2D eigenvalue weighted by Crippen LogP contribution is 2.43. The van der Waals surface area contributed by atoms with Gasteiger partial charge in [0.1, 0.15) is 12.2 Å². The van der Waals surface area contributed by atoms with Gasteiger partial charge in [0, 0.05) is 13.0 Å². The third-order valence-corrected chi connectivity index (χ3v) is 11.6. The van der Waals surface area contributed by atoms with Crippen LogP contribution in [0, 0.1) is 0 Å². The number of hydrogen-bond donors (Lipinski definition) is 3. The van der Waals surface area contributed by atoms with Crippen molar-refractivity contribution in [1.29, 1.82) is 0 Å². The Kier molecular flexibility index (Phi) is 44.6. The van der Waals surface area contributed by atoms with Crippen molar-refractivity contribution in [3.8, 4) is 0 Å². The summed E-state index contributed by atoms with van der Waals surface area (Å²) in [5.74, 6) is -0.380. The van der Waals surface area contributed by atoms with Crippen LogP contribution in [-0.2, 0) is 27.9 Å². The molecule has 0 saturated heterocycles. The summed E-state index contributed by atoms with van der Waals surface area (Å²) in [6.45, 7) is 3.54. The number of carbonyl (C=O) groups is 1. The maximum absolute atomic E-state index is 12.6. The van der Waals surface area contributed by atoms with Gasteiger partial charge in [-0.25, -0.2) is 4.57 Å². The summed E-state index contributed by atoms with van der Waals surface area (Å²) in [4.78, 5) is 22.6. The van der Waals surface area contributed by atoms with Crippen LogP contribution in [0.25, 0.3) is 0 Å². The summed E-state index contributed by atoms with van der Waals surface area (Å²) < 4.78 is 33.4. The largest absolute Gasteiger partial charge is 0.472 e. The summed E-state index contributed by atoms with van der Waals surface area (Å²) in [5, 5.41) is 18.4. The number of aliphatic hydroxyl groups is 2. The van der Waals surface area contributed by atoms with Crippen molar-refractivity contribution in [2.24, 2.45) is 0 Å². The molecule has 0 bridgehead atoms. The monoisotopic (exact) mass is 845 g/mol. The quantitative estimate of drug-likeness (QED) is 0.0237. The first-order chi connectivity index (χ1) is 28.3. The molecule has 3 unspecified atom stereocenters. The fourth-order valence-electron chi connectivity index (χ4n) is 6.92. The molecule has 0 aliphatic rings. The second-order valence-corrected chi connectivity index (χ2v) is 17.9. The van der Waals surface area contributed by atoms with Gasteiger partial charge in [0.25, 0.3) is 0 Å².